The number of benzene rings is 3. The Labute approximate surface area is 246 Å². The second kappa shape index (κ2) is 11.1. The maximum absolute atomic E-state index is 6.05. The van der Waals surface area contributed by atoms with Crippen molar-refractivity contribution >= 4 is 28.7 Å². The minimum Gasteiger partial charge on any atom is -0.457 e. The number of aromatic nitrogens is 2. The molecule has 1 saturated heterocycles. The van der Waals surface area contributed by atoms with Crippen LogP contribution in [-0.2, 0) is 0 Å². The number of nitrogens with one attached hydrogen (secondary N) is 1. The van der Waals surface area contributed by atoms with E-state index in [1.54, 1.807) is 0 Å². The molecule has 41 heavy (non-hydrogen) atoms. The molecule has 0 spiro atoms. The van der Waals surface area contributed by atoms with Gasteiger partial charge in [0.1, 0.15) is 11.5 Å². The quantitative estimate of drug-likeness (QED) is 0.208. The highest BCUT2D eigenvalue weighted by atomic mass is 32.1. The number of nitrogens with zero attached hydrogens (tertiary/aromatic N) is 4. The highest BCUT2D eigenvalue weighted by Crippen LogP contribution is 2.44. The maximum atomic E-state index is 6.05. The summed E-state index contributed by atoms with van der Waals surface area (Å²) in [5, 5.41) is 4.26. The van der Waals surface area contributed by atoms with Crippen LogP contribution in [0.25, 0.3) is 5.69 Å². The van der Waals surface area contributed by atoms with Crippen LogP contribution in [0.3, 0.4) is 0 Å². The molecular formula is C34H33N5OS. The van der Waals surface area contributed by atoms with Crippen LogP contribution in [0, 0.1) is 13.8 Å². The number of rotatable bonds is 7. The van der Waals surface area contributed by atoms with E-state index in [1.807, 2.05) is 60.8 Å². The highest BCUT2D eigenvalue weighted by molar-refractivity contribution is 7.80. The van der Waals surface area contributed by atoms with Crippen molar-refractivity contribution in [2.75, 3.05) is 23.9 Å². The Morgan fingerprint density at radius 2 is 1.46 bits per heavy atom. The van der Waals surface area contributed by atoms with Gasteiger partial charge in [0.2, 0.25) is 0 Å². The summed E-state index contributed by atoms with van der Waals surface area (Å²) in [6.45, 7) is 4.35. The van der Waals surface area contributed by atoms with Crippen molar-refractivity contribution in [3.63, 3.8) is 0 Å². The van der Waals surface area contributed by atoms with Crippen molar-refractivity contribution < 1.29 is 4.74 Å². The zero-order chi connectivity index (χ0) is 28.5. The number of aryl methyl sites for hydroxylation is 1. The van der Waals surface area contributed by atoms with Crippen LogP contribution < -0.4 is 19.9 Å². The number of para-hydroxylation sites is 1. The van der Waals surface area contributed by atoms with Crippen molar-refractivity contribution in [1.29, 1.82) is 0 Å². The van der Waals surface area contributed by atoms with Gasteiger partial charge >= 0.3 is 0 Å². The molecule has 0 bridgehead atoms. The molecule has 0 unspecified atom stereocenters. The van der Waals surface area contributed by atoms with Gasteiger partial charge in [0.15, 0.2) is 5.11 Å². The predicted octanol–water partition coefficient (Wildman–Crippen LogP) is 7.52. The molecule has 0 radical (unpaired) electrons. The minimum absolute atomic E-state index is 0.0979. The number of pyridine rings is 1. The van der Waals surface area contributed by atoms with E-state index in [1.165, 1.54) is 22.6 Å². The second-order valence-corrected chi connectivity index (χ2v) is 10.9. The molecule has 2 atom stereocenters. The lowest BCUT2D eigenvalue weighted by Gasteiger charge is -2.28. The van der Waals surface area contributed by atoms with Crippen LogP contribution in [0.5, 0.6) is 11.5 Å². The first-order chi connectivity index (χ1) is 19.9. The van der Waals surface area contributed by atoms with Gasteiger partial charge in [0, 0.05) is 48.7 Å². The van der Waals surface area contributed by atoms with Crippen LogP contribution in [0.2, 0.25) is 0 Å². The molecule has 0 aliphatic carbocycles. The molecule has 0 saturated carbocycles. The molecule has 6 nitrogen and oxygen atoms in total. The maximum Gasteiger partial charge on any atom is 0.174 e. The van der Waals surface area contributed by atoms with E-state index in [9.17, 15) is 0 Å². The Bertz CT molecular complexity index is 1650. The third-order valence-electron chi connectivity index (χ3n) is 7.61. The van der Waals surface area contributed by atoms with Crippen molar-refractivity contribution in [2.45, 2.75) is 25.9 Å². The van der Waals surface area contributed by atoms with Crippen LogP contribution in [0.15, 0.2) is 109 Å². The van der Waals surface area contributed by atoms with Crippen LogP contribution >= 0.6 is 12.2 Å². The van der Waals surface area contributed by atoms with Gasteiger partial charge < -0.3 is 24.4 Å². The Balaban J connectivity index is 1.40. The van der Waals surface area contributed by atoms with Crippen molar-refractivity contribution in [1.82, 2.24) is 14.9 Å². The number of thiocarbonyl (C=S) groups is 1. The summed E-state index contributed by atoms with van der Waals surface area (Å²) in [6, 6.07) is 34.7. The molecule has 5 aromatic rings. The van der Waals surface area contributed by atoms with E-state index in [0.717, 1.165) is 28.6 Å². The Morgan fingerprint density at radius 1 is 0.805 bits per heavy atom. The monoisotopic (exact) mass is 559 g/mol. The standard InChI is InChI=1S/C34H33N5OS/c1-23-22-30(24(2)38(23)26-15-13-25(14-16-26)37(3)4)33-32(31-12-8-9-21-35-31)36-34(41)39(33)27-17-19-29(20-18-27)40-28-10-6-5-7-11-28/h5-22,32-33H,1-4H3,(H,36,41)/t32-,33+/m1/s1. The molecule has 3 heterocycles. The Morgan fingerprint density at radius 3 is 2.12 bits per heavy atom. The van der Waals surface area contributed by atoms with E-state index in [-0.39, 0.29) is 12.1 Å². The van der Waals surface area contributed by atoms with Gasteiger partial charge in [-0.15, -0.1) is 0 Å². The van der Waals surface area contributed by atoms with Gasteiger partial charge in [0.05, 0.1) is 17.8 Å². The fourth-order valence-corrected chi connectivity index (χ4v) is 5.98. The van der Waals surface area contributed by atoms with E-state index in [0.29, 0.717) is 5.11 Å². The Hall–Kier alpha value is -4.62. The van der Waals surface area contributed by atoms with E-state index in [4.69, 9.17) is 21.9 Å². The lowest BCUT2D eigenvalue weighted by molar-refractivity contribution is 0.482. The summed E-state index contributed by atoms with van der Waals surface area (Å²) >= 11 is 5.97. The molecule has 1 N–H and O–H groups in total. The van der Waals surface area contributed by atoms with E-state index < -0.39 is 0 Å². The van der Waals surface area contributed by atoms with Gasteiger partial charge in [-0.1, -0.05) is 24.3 Å². The summed E-state index contributed by atoms with van der Waals surface area (Å²) in [7, 11) is 4.11. The zero-order valence-corrected chi connectivity index (χ0v) is 24.5. The average Bonchev–Trinajstić information content (AvgIpc) is 3.49. The van der Waals surface area contributed by atoms with E-state index in [2.05, 4.69) is 96.2 Å². The summed E-state index contributed by atoms with van der Waals surface area (Å²) < 4.78 is 8.37. The zero-order valence-electron chi connectivity index (χ0n) is 23.7. The molecule has 6 rings (SSSR count). The molecular weight excluding hydrogens is 526 g/mol. The van der Waals surface area contributed by atoms with Crippen molar-refractivity contribution in [3.05, 3.63) is 132 Å². The van der Waals surface area contributed by atoms with Gasteiger partial charge in [-0.25, -0.2) is 0 Å². The molecule has 1 aliphatic rings. The first kappa shape index (κ1) is 26.6. The third-order valence-corrected chi connectivity index (χ3v) is 7.92. The first-order valence-corrected chi connectivity index (χ1v) is 14.1. The molecule has 206 valence electrons. The smallest absolute Gasteiger partial charge is 0.174 e. The molecule has 7 heteroatoms. The topological polar surface area (TPSA) is 45.6 Å². The average molecular weight is 560 g/mol. The predicted molar refractivity (Wildman–Crippen MR) is 170 cm³/mol. The third kappa shape index (κ3) is 5.16. The fourth-order valence-electron chi connectivity index (χ4n) is 5.63. The SMILES string of the molecule is Cc1cc([C@H]2[C@@H](c3ccccn3)NC(=S)N2c2ccc(Oc3ccccc3)cc2)c(C)n1-c1ccc(N(C)C)cc1. The molecule has 0 amide bonds. The number of hydrogen-bond donors (Lipinski definition) is 1. The minimum atomic E-state index is -0.117. The summed E-state index contributed by atoms with van der Waals surface area (Å²) in [4.78, 5) is 9.05. The number of anilines is 2. The molecule has 1 aliphatic heterocycles. The lowest BCUT2D eigenvalue weighted by Crippen LogP contribution is -2.29. The lowest BCUT2D eigenvalue weighted by atomic mass is 9.96. The summed E-state index contributed by atoms with van der Waals surface area (Å²) in [5.74, 6) is 1.58. The van der Waals surface area contributed by atoms with Crippen LogP contribution in [0.1, 0.15) is 34.7 Å². The number of hydrogen-bond acceptors (Lipinski definition) is 4. The first-order valence-electron chi connectivity index (χ1n) is 13.7. The van der Waals surface area contributed by atoms with Gasteiger partial charge in [-0.3, -0.25) is 4.98 Å². The largest absolute Gasteiger partial charge is 0.457 e. The fraction of sp³-hybridized carbons (Fsp3) is 0.176. The van der Waals surface area contributed by atoms with Crippen molar-refractivity contribution in [3.8, 4) is 17.2 Å². The normalized spacial score (nSPS) is 16.5. The highest BCUT2D eigenvalue weighted by Gasteiger charge is 2.42. The molecule has 3 aromatic carbocycles. The number of ether oxygens (including phenoxy) is 1. The summed E-state index contributed by atoms with van der Waals surface area (Å²) in [5.41, 5.74) is 7.78. The van der Waals surface area contributed by atoms with Gasteiger partial charge in [-0.05, 0) is 110 Å². The molecule has 1 fully saturated rings. The van der Waals surface area contributed by atoms with Crippen LogP contribution in [0.4, 0.5) is 11.4 Å². The van der Waals surface area contributed by atoms with Crippen molar-refractivity contribution in [2.24, 2.45) is 0 Å². The Kier molecular flexibility index (Phi) is 7.20. The van der Waals surface area contributed by atoms with Crippen LogP contribution in [-0.4, -0.2) is 28.8 Å². The van der Waals surface area contributed by atoms with Gasteiger partial charge in [-0.2, -0.15) is 0 Å². The second-order valence-electron chi connectivity index (χ2n) is 10.5. The van der Waals surface area contributed by atoms with E-state index >= 15 is 0 Å². The van der Waals surface area contributed by atoms with Gasteiger partial charge in [0.25, 0.3) is 0 Å². The summed E-state index contributed by atoms with van der Waals surface area (Å²) in [6.07, 6.45) is 1.84. The molecule has 2 aromatic heterocycles.